The minimum atomic E-state index is -0.728. The summed E-state index contributed by atoms with van der Waals surface area (Å²) < 4.78 is 15.8. The molecule has 4 N–H and O–H groups in total. The Morgan fingerprint density at radius 3 is 1.92 bits per heavy atom. The van der Waals surface area contributed by atoms with Crippen LogP contribution in [0.4, 0.5) is 9.59 Å². The number of hydrogen-bond acceptors (Lipinski definition) is 9. The monoisotopic (exact) mass is 816 g/mol. The van der Waals surface area contributed by atoms with E-state index in [1.54, 1.807) is 22.2 Å². The molecule has 2 aliphatic rings. The molecule has 4 heterocycles. The molecule has 2 aromatic carbocycles. The van der Waals surface area contributed by atoms with Crippen LogP contribution < -0.4 is 15.4 Å². The van der Waals surface area contributed by atoms with E-state index in [9.17, 15) is 19.2 Å². The molecule has 2 fully saturated rings. The third-order valence-corrected chi connectivity index (χ3v) is 10.7. The zero-order valence-corrected chi connectivity index (χ0v) is 34.8. The lowest BCUT2D eigenvalue weighted by molar-refractivity contribution is -0.136. The van der Waals surface area contributed by atoms with Gasteiger partial charge in [-0.15, -0.1) is 0 Å². The van der Waals surface area contributed by atoms with E-state index in [4.69, 9.17) is 19.2 Å². The van der Waals surface area contributed by atoms with Crippen molar-refractivity contribution < 1.29 is 33.4 Å². The molecule has 2 aliphatic heterocycles. The van der Waals surface area contributed by atoms with Gasteiger partial charge in [0.2, 0.25) is 11.8 Å². The lowest BCUT2D eigenvalue weighted by Gasteiger charge is -2.30. The standard InChI is InChI=1S/C45H52N8O7/c1-28(2)38(50-44(56)58-5)42(54)52-22-12-18-35(52)40-46-25-33(48-40)17-11-10-16-31-20-21-32(24-37(31)60-27-30-14-8-7-9-15-30)34-26-47-41(49-34)36-19-13-23-53(36)43(55)39(29(3)4)51-45(57)59-6/h7-9,14-15,20-21,24-26,28-29,35-36,38-39H,12-13,18-19,22-23,27H2,1-6H3,(H,46,48)(H,47,49)(H,50,56)(H,51,57)/t35?,36-,38-,39-/m0/s1. The van der Waals surface area contributed by atoms with Crippen LogP contribution in [0.25, 0.3) is 11.3 Å². The molecular formula is C45H52N8O7. The third kappa shape index (κ3) is 10.3. The predicted molar refractivity (Wildman–Crippen MR) is 223 cm³/mol. The minimum Gasteiger partial charge on any atom is -0.488 e. The van der Waals surface area contributed by atoms with Crippen molar-refractivity contribution in [1.82, 2.24) is 40.4 Å². The van der Waals surface area contributed by atoms with Gasteiger partial charge in [0.1, 0.15) is 41.8 Å². The van der Waals surface area contributed by atoms with Gasteiger partial charge in [0.05, 0.1) is 50.0 Å². The Kier molecular flexibility index (Phi) is 14.1. The molecule has 2 saturated heterocycles. The number of carbonyl (C=O) groups excluding carboxylic acids is 4. The maximum absolute atomic E-state index is 13.7. The minimum absolute atomic E-state index is 0.136. The second kappa shape index (κ2) is 19.8. The number of methoxy groups -OCH3 is 2. The van der Waals surface area contributed by atoms with Crippen molar-refractivity contribution in [3.8, 4) is 40.7 Å². The summed E-state index contributed by atoms with van der Waals surface area (Å²) in [5.74, 6) is 13.2. The largest absolute Gasteiger partial charge is 0.488 e. The van der Waals surface area contributed by atoms with Crippen molar-refractivity contribution in [2.24, 2.45) is 11.8 Å². The van der Waals surface area contributed by atoms with Crippen LogP contribution in [-0.2, 0) is 25.7 Å². The molecule has 6 rings (SSSR count). The molecule has 60 heavy (non-hydrogen) atoms. The number of rotatable bonds is 12. The van der Waals surface area contributed by atoms with Crippen LogP contribution in [0.1, 0.15) is 93.9 Å². The SMILES string of the molecule is COC(=O)N[C@H](C(=O)N1CCCC1c1ncc(C#CC#Cc2ccc(-c3cnc([C@@H]4CCCN4C(=O)[C@@H](NC(=O)OC)C(C)C)[nH]3)cc2OCc2ccccc2)[nH]1)C(C)C. The van der Waals surface area contributed by atoms with Crippen LogP contribution >= 0.6 is 0 Å². The first-order valence-electron chi connectivity index (χ1n) is 20.2. The molecule has 0 radical (unpaired) electrons. The number of amides is 4. The second-order valence-electron chi connectivity index (χ2n) is 15.4. The fourth-order valence-electron chi connectivity index (χ4n) is 7.45. The summed E-state index contributed by atoms with van der Waals surface area (Å²) in [7, 11) is 2.55. The molecule has 4 atom stereocenters. The zero-order valence-electron chi connectivity index (χ0n) is 34.8. The lowest BCUT2D eigenvalue weighted by Crippen LogP contribution is -2.51. The first-order valence-corrected chi connectivity index (χ1v) is 20.2. The summed E-state index contributed by atoms with van der Waals surface area (Å²) in [4.78, 5) is 70.6. The van der Waals surface area contributed by atoms with Crippen LogP contribution in [0.15, 0.2) is 60.9 Å². The predicted octanol–water partition coefficient (Wildman–Crippen LogP) is 5.87. The smallest absolute Gasteiger partial charge is 0.407 e. The molecule has 15 nitrogen and oxygen atoms in total. The Balaban J connectivity index is 1.19. The summed E-state index contributed by atoms with van der Waals surface area (Å²) in [6.07, 6.45) is 5.15. The summed E-state index contributed by atoms with van der Waals surface area (Å²) >= 11 is 0. The Morgan fingerprint density at radius 1 is 0.767 bits per heavy atom. The van der Waals surface area contributed by atoms with Gasteiger partial charge in [-0.1, -0.05) is 64.1 Å². The number of aromatic nitrogens is 4. The number of hydrogen-bond donors (Lipinski definition) is 4. The number of imidazole rings is 2. The fourth-order valence-corrected chi connectivity index (χ4v) is 7.45. The maximum Gasteiger partial charge on any atom is 0.407 e. The second-order valence-corrected chi connectivity index (χ2v) is 15.4. The summed E-state index contributed by atoms with van der Waals surface area (Å²) in [5, 5.41) is 5.36. The number of nitrogens with one attached hydrogen (secondary N) is 4. The molecule has 0 bridgehead atoms. The van der Waals surface area contributed by atoms with Gasteiger partial charge in [-0.05, 0) is 78.9 Å². The van der Waals surface area contributed by atoms with Gasteiger partial charge in [-0.3, -0.25) is 9.59 Å². The zero-order chi connectivity index (χ0) is 42.8. The molecule has 0 saturated carbocycles. The average molecular weight is 817 g/mol. The molecule has 314 valence electrons. The molecular weight excluding hydrogens is 765 g/mol. The normalized spacial score (nSPS) is 16.9. The highest BCUT2D eigenvalue weighted by Crippen LogP contribution is 2.34. The summed E-state index contributed by atoms with van der Waals surface area (Å²) in [6, 6.07) is 13.5. The van der Waals surface area contributed by atoms with E-state index in [2.05, 4.69) is 49.3 Å². The van der Waals surface area contributed by atoms with Crippen LogP contribution in [0.5, 0.6) is 5.75 Å². The number of likely N-dealkylation sites (tertiary alicyclic amines) is 2. The van der Waals surface area contributed by atoms with Crippen molar-refractivity contribution >= 4 is 24.0 Å². The van der Waals surface area contributed by atoms with Crippen LogP contribution in [0.3, 0.4) is 0 Å². The Morgan fingerprint density at radius 2 is 1.33 bits per heavy atom. The highest BCUT2D eigenvalue weighted by molar-refractivity contribution is 5.87. The van der Waals surface area contributed by atoms with E-state index in [1.807, 2.05) is 76.2 Å². The topological polar surface area (TPSA) is 184 Å². The summed E-state index contributed by atoms with van der Waals surface area (Å²) in [5.41, 5.74) is 3.76. The number of H-pyrrole nitrogens is 2. The van der Waals surface area contributed by atoms with Gasteiger partial charge >= 0.3 is 12.2 Å². The van der Waals surface area contributed by atoms with E-state index in [0.717, 1.165) is 42.5 Å². The number of carbonyl (C=O) groups is 4. The fraction of sp³-hybridized carbons (Fsp3) is 0.422. The van der Waals surface area contributed by atoms with Gasteiger partial charge in [0, 0.05) is 18.7 Å². The Hall–Kier alpha value is -6.74. The van der Waals surface area contributed by atoms with Crippen LogP contribution in [0, 0.1) is 35.5 Å². The van der Waals surface area contributed by atoms with Crippen molar-refractivity contribution in [3.63, 3.8) is 0 Å². The van der Waals surface area contributed by atoms with Gasteiger partial charge in [-0.2, -0.15) is 0 Å². The van der Waals surface area contributed by atoms with E-state index in [1.165, 1.54) is 14.2 Å². The molecule has 0 aliphatic carbocycles. The number of aromatic amines is 2. The lowest BCUT2D eigenvalue weighted by atomic mass is 10.0. The number of benzene rings is 2. The average Bonchev–Trinajstić information content (AvgIpc) is 4.10. The van der Waals surface area contributed by atoms with E-state index in [0.29, 0.717) is 48.4 Å². The first kappa shape index (κ1) is 42.9. The molecule has 0 spiro atoms. The van der Waals surface area contributed by atoms with Crippen LogP contribution in [0.2, 0.25) is 0 Å². The molecule has 4 aromatic rings. The number of alkyl carbamates (subject to hydrolysis) is 2. The van der Waals surface area contributed by atoms with Crippen molar-refractivity contribution in [1.29, 1.82) is 0 Å². The molecule has 2 aromatic heterocycles. The van der Waals surface area contributed by atoms with E-state index < -0.39 is 24.3 Å². The summed E-state index contributed by atoms with van der Waals surface area (Å²) in [6.45, 7) is 8.95. The van der Waals surface area contributed by atoms with E-state index in [-0.39, 0.29) is 35.7 Å². The Bertz CT molecular complexity index is 2280. The molecule has 15 heteroatoms. The van der Waals surface area contributed by atoms with E-state index >= 15 is 0 Å². The number of ether oxygens (including phenoxy) is 3. The maximum atomic E-state index is 13.7. The van der Waals surface area contributed by atoms with Crippen molar-refractivity contribution in [2.75, 3.05) is 27.3 Å². The molecule has 4 amide bonds. The highest BCUT2D eigenvalue weighted by Gasteiger charge is 2.39. The first-order chi connectivity index (χ1) is 29.0. The highest BCUT2D eigenvalue weighted by atomic mass is 16.5. The van der Waals surface area contributed by atoms with Gasteiger partial charge < -0.3 is 44.6 Å². The Labute approximate surface area is 350 Å². The van der Waals surface area contributed by atoms with Crippen molar-refractivity contribution in [3.05, 3.63) is 89.4 Å². The van der Waals surface area contributed by atoms with Crippen LogP contribution in [-0.4, -0.2) is 93.1 Å². The van der Waals surface area contributed by atoms with Gasteiger partial charge in [-0.25, -0.2) is 19.6 Å². The molecule has 1 unspecified atom stereocenters. The van der Waals surface area contributed by atoms with Gasteiger partial charge in [0.15, 0.2) is 0 Å². The third-order valence-electron chi connectivity index (χ3n) is 10.7. The number of nitrogens with zero attached hydrogens (tertiary/aromatic N) is 4. The van der Waals surface area contributed by atoms with Gasteiger partial charge in [0.25, 0.3) is 0 Å². The van der Waals surface area contributed by atoms with Crippen molar-refractivity contribution in [2.45, 2.75) is 84.2 Å². The quantitative estimate of drug-likeness (QED) is 0.127.